The van der Waals surface area contributed by atoms with E-state index in [2.05, 4.69) is 6.92 Å². The molecule has 0 aromatic rings. The highest BCUT2D eigenvalue weighted by Gasteiger charge is 1.93. The van der Waals surface area contributed by atoms with Gasteiger partial charge in [0.2, 0.25) is 0 Å². The average Bonchev–Trinajstić information content (AvgIpc) is 1.86. The van der Waals surface area contributed by atoms with E-state index in [-0.39, 0.29) is 0 Å². The van der Waals surface area contributed by atoms with Crippen LogP contribution in [0, 0.1) is 0 Å². The maximum atomic E-state index is 10.2. The van der Waals surface area contributed by atoms with Crippen molar-refractivity contribution in [2.75, 3.05) is 0 Å². The average molecular weight is 156 g/mol. The van der Waals surface area contributed by atoms with Crippen LogP contribution in [0.15, 0.2) is 11.6 Å². The fourth-order valence-electron chi connectivity index (χ4n) is 0.937. The Morgan fingerprint density at radius 1 is 1.45 bits per heavy atom. The molecule has 0 saturated carbocycles. The summed E-state index contributed by atoms with van der Waals surface area (Å²) in [6.45, 7) is 4.00. The lowest BCUT2D eigenvalue weighted by atomic mass is 10.1. The molecule has 0 aromatic heterocycles. The zero-order valence-corrected chi connectivity index (χ0v) is 7.26. The monoisotopic (exact) mass is 156 g/mol. The quantitative estimate of drug-likeness (QED) is 0.490. The molecule has 0 amide bonds. The third-order valence-corrected chi connectivity index (χ3v) is 1.54. The van der Waals surface area contributed by atoms with Crippen molar-refractivity contribution in [3.63, 3.8) is 0 Å². The van der Waals surface area contributed by atoms with Gasteiger partial charge in [0.1, 0.15) is 0 Å². The number of aliphatic carboxylic acids is 1. The number of hydrogen-bond donors (Lipinski definition) is 1. The van der Waals surface area contributed by atoms with Crippen molar-refractivity contribution in [3.8, 4) is 0 Å². The number of hydrogen-bond acceptors (Lipinski definition) is 1. The summed E-state index contributed by atoms with van der Waals surface area (Å²) in [5, 5.41) is 8.36. The highest BCUT2D eigenvalue weighted by molar-refractivity contribution is 5.80. The molecule has 0 spiro atoms. The second kappa shape index (κ2) is 5.96. The first-order valence-corrected chi connectivity index (χ1v) is 4.07. The lowest BCUT2D eigenvalue weighted by Crippen LogP contribution is -1.89. The minimum atomic E-state index is -0.834. The molecule has 0 rings (SSSR count). The van der Waals surface area contributed by atoms with Gasteiger partial charge in [0, 0.05) is 6.08 Å². The van der Waals surface area contributed by atoms with E-state index in [1.807, 2.05) is 6.92 Å². The van der Waals surface area contributed by atoms with Gasteiger partial charge in [0.05, 0.1) is 0 Å². The maximum Gasteiger partial charge on any atom is 0.328 e. The van der Waals surface area contributed by atoms with Crippen molar-refractivity contribution in [1.29, 1.82) is 0 Å². The molecular formula is C9H16O2. The molecule has 0 unspecified atom stereocenters. The van der Waals surface area contributed by atoms with Crippen molar-refractivity contribution in [2.24, 2.45) is 0 Å². The second-order valence-electron chi connectivity index (χ2n) is 2.79. The van der Waals surface area contributed by atoms with E-state index in [1.54, 1.807) is 0 Å². The zero-order chi connectivity index (χ0) is 8.69. The Hall–Kier alpha value is -0.790. The van der Waals surface area contributed by atoms with Gasteiger partial charge in [0.25, 0.3) is 0 Å². The van der Waals surface area contributed by atoms with Gasteiger partial charge in [-0.1, -0.05) is 25.3 Å². The van der Waals surface area contributed by atoms with Crippen molar-refractivity contribution in [1.82, 2.24) is 0 Å². The Morgan fingerprint density at radius 3 is 2.55 bits per heavy atom. The smallest absolute Gasteiger partial charge is 0.328 e. The minimum Gasteiger partial charge on any atom is -0.478 e. The molecule has 0 heterocycles. The minimum absolute atomic E-state index is 0.834. The molecule has 11 heavy (non-hydrogen) atoms. The number of allylic oxidation sites excluding steroid dienone is 1. The highest BCUT2D eigenvalue weighted by Crippen LogP contribution is 2.07. The Bertz CT molecular complexity index is 148. The lowest BCUT2D eigenvalue weighted by Gasteiger charge is -1.97. The van der Waals surface area contributed by atoms with Crippen LogP contribution < -0.4 is 0 Å². The lowest BCUT2D eigenvalue weighted by molar-refractivity contribution is -0.131. The van der Waals surface area contributed by atoms with Gasteiger partial charge in [-0.15, -0.1) is 0 Å². The summed E-state index contributed by atoms with van der Waals surface area (Å²) < 4.78 is 0. The SMILES string of the molecule is CCCCCC(C)=CC(=O)O. The summed E-state index contributed by atoms with van der Waals surface area (Å²) in [5.74, 6) is -0.834. The summed E-state index contributed by atoms with van der Waals surface area (Å²) in [5.41, 5.74) is 0.964. The first-order chi connectivity index (χ1) is 5.16. The number of carboxylic acid groups (broad SMARTS) is 1. The van der Waals surface area contributed by atoms with Gasteiger partial charge in [-0.3, -0.25) is 0 Å². The summed E-state index contributed by atoms with van der Waals surface area (Å²) in [6, 6.07) is 0. The number of carboxylic acids is 1. The van der Waals surface area contributed by atoms with Crippen molar-refractivity contribution >= 4 is 5.97 Å². The van der Waals surface area contributed by atoms with E-state index in [0.717, 1.165) is 18.4 Å². The molecule has 0 saturated heterocycles. The molecule has 0 radical (unpaired) electrons. The van der Waals surface area contributed by atoms with Gasteiger partial charge in [-0.05, 0) is 19.8 Å². The Kier molecular flexibility index (Phi) is 5.53. The van der Waals surface area contributed by atoms with E-state index < -0.39 is 5.97 Å². The van der Waals surface area contributed by atoms with Crippen LogP contribution >= 0.6 is 0 Å². The molecule has 0 aromatic carbocycles. The first-order valence-electron chi connectivity index (χ1n) is 4.07. The molecule has 2 nitrogen and oxygen atoms in total. The summed E-state index contributed by atoms with van der Waals surface area (Å²) in [7, 11) is 0. The largest absolute Gasteiger partial charge is 0.478 e. The normalized spacial score (nSPS) is 11.6. The van der Waals surface area contributed by atoms with Crippen LogP contribution in [0.1, 0.15) is 39.5 Å². The first kappa shape index (κ1) is 10.2. The molecule has 0 aliphatic carbocycles. The van der Waals surface area contributed by atoms with E-state index in [1.165, 1.54) is 18.9 Å². The third kappa shape index (κ3) is 7.10. The Morgan fingerprint density at radius 2 is 2.09 bits per heavy atom. The molecular weight excluding hydrogens is 140 g/mol. The van der Waals surface area contributed by atoms with E-state index in [4.69, 9.17) is 5.11 Å². The zero-order valence-electron chi connectivity index (χ0n) is 7.26. The van der Waals surface area contributed by atoms with Crippen LogP contribution in [0.25, 0.3) is 0 Å². The molecule has 0 atom stereocenters. The van der Waals surface area contributed by atoms with E-state index in [9.17, 15) is 4.79 Å². The van der Waals surface area contributed by atoms with Crippen molar-refractivity contribution in [3.05, 3.63) is 11.6 Å². The second-order valence-corrected chi connectivity index (χ2v) is 2.79. The molecule has 0 aliphatic rings. The molecule has 64 valence electrons. The summed E-state index contributed by atoms with van der Waals surface area (Å²) in [4.78, 5) is 10.2. The van der Waals surface area contributed by atoms with Crippen LogP contribution in [0.2, 0.25) is 0 Å². The number of carbonyl (C=O) groups is 1. The molecule has 2 heteroatoms. The van der Waals surface area contributed by atoms with Gasteiger partial charge in [-0.2, -0.15) is 0 Å². The van der Waals surface area contributed by atoms with E-state index >= 15 is 0 Å². The van der Waals surface area contributed by atoms with Crippen LogP contribution in [-0.4, -0.2) is 11.1 Å². The van der Waals surface area contributed by atoms with Crippen LogP contribution in [0.5, 0.6) is 0 Å². The molecule has 0 aliphatic heterocycles. The number of unbranched alkanes of at least 4 members (excludes halogenated alkanes) is 2. The molecule has 0 fully saturated rings. The van der Waals surface area contributed by atoms with E-state index in [0.29, 0.717) is 0 Å². The van der Waals surface area contributed by atoms with Gasteiger partial charge < -0.3 is 5.11 Å². The molecule has 1 N–H and O–H groups in total. The Balaban J connectivity index is 3.51. The standard InChI is InChI=1S/C9H16O2/c1-3-4-5-6-8(2)7-9(10)11/h7H,3-6H2,1-2H3,(H,10,11). The topological polar surface area (TPSA) is 37.3 Å². The van der Waals surface area contributed by atoms with Gasteiger partial charge >= 0.3 is 5.97 Å². The maximum absolute atomic E-state index is 10.2. The fraction of sp³-hybridized carbons (Fsp3) is 0.667. The van der Waals surface area contributed by atoms with Gasteiger partial charge in [0.15, 0.2) is 0 Å². The highest BCUT2D eigenvalue weighted by atomic mass is 16.4. The van der Waals surface area contributed by atoms with Crippen molar-refractivity contribution in [2.45, 2.75) is 39.5 Å². The van der Waals surface area contributed by atoms with Crippen LogP contribution in [0.3, 0.4) is 0 Å². The predicted octanol–water partition coefficient (Wildman–Crippen LogP) is 2.60. The fourth-order valence-corrected chi connectivity index (χ4v) is 0.937. The predicted molar refractivity (Wildman–Crippen MR) is 45.5 cm³/mol. The van der Waals surface area contributed by atoms with Crippen molar-refractivity contribution < 1.29 is 9.90 Å². The third-order valence-electron chi connectivity index (χ3n) is 1.54. The summed E-state index contributed by atoms with van der Waals surface area (Å²) >= 11 is 0. The Labute approximate surface area is 67.9 Å². The van der Waals surface area contributed by atoms with Crippen LogP contribution in [-0.2, 0) is 4.79 Å². The number of rotatable bonds is 5. The van der Waals surface area contributed by atoms with Gasteiger partial charge in [-0.25, -0.2) is 4.79 Å². The molecule has 0 bridgehead atoms. The van der Waals surface area contributed by atoms with Crippen LogP contribution in [0.4, 0.5) is 0 Å². The summed E-state index contributed by atoms with van der Waals surface area (Å²) in [6.07, 6.45) is 5.67.